The summed E-state index contributed by atoms with van der Waals surface area (Å²) in [6.45, 7) is 0.345. The van der Waals surface area contributed by atoms with Crippen molar-refractivity contribution >= 4 is 27.9 Å². The molecule has 0 radical (unpaired) electrons. The van der Waals surface area contributed by atoms with Crippen molar-refractivity contribution in [1.82, 2.24) is 14.8 Å². The summed E-state index contributed by atoms with van der Waals surface area (Å²) < 4.78 is 33.5. The van der Waals surface area contributed by atoms with Gasteiger partial charge in [-0.1, -0.05) is 15.9 Å². The molecule has 0 spiro atoms. The van der Waals surface area contributed by atoms with E-state index in [-0.39, 0.29) is 11.3 Å². The molecule has 100 valence electrons. The highest BCUT2D eigenvalue weighted by atomic mass is 79.9. The minimum absolute atomic E-state index is 0.165. The predicted molar refractivity (Wildman–Crippen MR) is 70.3 cm³/mol. The van der Waals surface area contributed by atoms with Gasteiger partial charge in [-0.2, -0.15) is 5.10 Å². The van der Waals surface area contributed by atoms with E-state index in [4.69, 9.17) is 4.74 Å². The number of aromatic nitrogens is 3. The standard InChI is InChI=1S/C12H10BrF2N3O/c13-3-4-19-12(6-18-8-16-7-17-18)10-2-1-9(14)5-11(10)15/h1-2,5-8H,3-4H2/b12-6+. The summed E-state index contributed by atoms with van der Waals surface area (Å²) in [6, 6.07) is 3.30. The number of nitrogens with zero attached hydrogens (tertiary/aromatic N) is 3. The van der Waals surface area contributed by atoms with Gasteiger partial charge in [0.15, 0.2) is 0 Å². The number of benzene rings is 1. The molecule has 1 heterocycles. The molecule has 2 aromatic rings. The molecular formula is C12H10BrF2N3O. The van der Waals surface area contributed by atoms with Gasteiger partial charge in [-0.25, -0.2) is 18.4 Å². The highest BCUT2D eigenvalue weighted by Gasteiger charge is 2.11. The Bertz CT molecular complexity index is 572. The normalized spacial score (nSPS) is 11.6. The van der Waals surface area contributed by atoms with Gasteiger partial charge >= 0.3 is 0 Å². The highest BCUT2D eigenvalue weighted by Crippen LogP contribution is 2.21. The van der Waals surface area contributed by atoms with Crippen LogP contribution < -0.4 is 0 Å². The molecule has 0 N–H and O–H groups in total. The van der Waals surface area contributed by atoms with Crippen LogP contribution in [-0.4, -0.2) is 26.7 Å². The second-order valence-electron chi connectivity index (χ2n) is 3.53. The van der Waals surface area contributed by atoms with Crippen molar-refractivity contribution in [2.24, 2.45) is 0 Å². The lowest BCUT2D eigenvalue weighted by Gasteiger charge is -2.10. The second kappa shape index (κ2) is 6.42. The van der Waals surface area contributed by atoms with E-state index in [1.807, 2.05) is 0 Å². The second-order valence-corrected chi connectivity index (χ2v) is 4.32. The zero-order chi connectivity index (χ0) is 13.7. The molecular weight excluding hydrogens is 320 g/mol. The molecule has 4 nitrogen and oxygen atoms in total. The number of hydrogen-bond acceptors (Lipinski definition) is 3. The molecule has 1 aromatic carbocycles. The summed E-state index contributed by atoms with van der Waals surface area (Å²) in [4.78, 5) is 3.77. The topological polar surface area (TPSA) is 39.9 Å². The van der Waals surface area contributed by atoms with E-state index in [9.17, 15) is 8.78 Å². The highest BCUT2D eigenvalue weighted by molar-refractivity contribution is 9.09. The smallest absolute Gasteiger partial charge is 0.147 e. The fraction of sp³-hybridized carbons (Fsp3) is 0.167. The summed E-state index contributed by atoms with van der Waals surface area (Å²) >= 11 is 3.22. The molecule has 0 saturated carbocycles. The average Bonchev–Trinajstić information content (AvgIpc) is 2.88. The summed E-state index contributed by atoms with van der Waals surface area (Å²) in [5.41, 5.74) is 0.165. The Hall–Kier alpha value is -1.76. The van der Waals surface area contributed by atoms with Crippen LogP contribution in [0.3, 0.4) is 0 Å². The van der Waals surface area contributed by atoms with Crippen LogP contribution in [0, 0.1) is 11.6 Å². The van der Waals surface area contributed by atoms with Crippen molar-refractivity contribution in [1.29, 1.82) is 0 Å². The van der Waals surface area contributed by atoms with Crippen molar-refractivity contribution < 1.29 is 13.5 Å². The molecule has 0 aliphatic carbocycles. The molecule has 2 rings (SSSR count). The van der Waals surface area contributed by atoms with Gasteiger partial charge in [0.1, 0.15) is 30.0 Å². The Kier molecular flexibility index (Phi) is 4.62. The summed E-state index contributed by atoms with van der Waals surface area (Å²) in [6.07, 6.45) is 4.27. The molecule has 7 heteroatoms. The lowest BCUT2D eigenvalue weighted by molar-refractivity contribution is 0.302. The van der Waals surface area contributed by atoms with Crippen LogP contribution in [-0.2, 0) is 4.74 Å². The van der Waals surface area contributed by atoms with Crippen LogP contribution in [0.25, 0.3) is 12.0 Å². The number of halogens is 3. The van der Waals surface area contributed by atoms with Gasteiger partial charge in [-0.3, -0.25) is 0 Å². The Morgan fingerprint density at radius 2 is 2.26 bits per heavy atom. The number of hydrogen-bond donors (Lipinski definition) is 0. The van der Waals surface area contributed by atoms with E-state index in [1.54, 1.807) is 0 Å². The van der Waals surface area contributed by atoms with E-state index >= 15 is 0 Å². The third kappa shape index (κ3) is 3.60. The van der Waals surface area contributed by atoms with Crippen molar-refractivity contribution in [2.45, 2.75) is 0 Å². The zero-order valence-corrected chi connectivity index (χ0v) is 11.3. The summed E-state index contributed by atoms with van der Waals surface area (Å²) in [7, 11) is 0. The molecule has 0 bridgehead atoms. The maximum absolute atomic E-state index is 13.7. The Morgan fingerprint density at radius 3 is 2.89 bits per heavy atom. The molecule has 0 atom stereocenters. The van der Waals surface area contributed by atoms with E-state index in [0.29, 0.717) is 11.9 Å². The first-order valence-electron chi connectivity index (χ1n) is 5.41. The average molecular weight is 330 g/mol. The maximum Gasteiger partial charge on any atom is 0.147 e. The fourth-order valence-corrected chi connectivity index (χ4v) is 1.59. The zero-order valence-electron chi connectivity index (χ0n) is 9.76. The molecule has 0 aliphatic rings. The fourth-order valence-electron chi connectivity index (χ4n) is 1.43. The SMILES string of the molecule is Fc1ccc(/C(=C\n2cncn2)OCCBr)c(F)c1. The van der Waals surface area contributed by atoms with Crippen LogP contribution in [0.2, 0.25) is 0 Å². The van der Waals surface area contributed by atoms with Gasteiger partial charge in [-0.15, -0.1) is 0 Å². The summed E-state index contributed by atoms with van der Waals surface area (Å²) in [5, 5.41) is 4.47. The molecule has 1 aromatic heterocycles. The number of rotatable bonds is 5. The third-order valence-electron chi connectivity index (χ3n) is 2.22. The maximum atomic E-state index is 13.7. The molecule has 0 amide bonds. The first-order valence-corrected chi connectivity index (χ1v) is 6.53. The molecule has 0 unspecified atom stereocenters. The first-order chi connectivity index (χ1) is 9.20. The first kappa shape index (κ1) is 13.7. The number of alkyl halides is 1. The summed E-state index contributed by atoms with van der Waals surface area (Å²) in [5.74, 6) is -1.08. The Balaban J connectivity index is 2.36. The minimum atomic E-state index is -0.694. The van der Waals surface area contributed by atoms with Crippen LogP contribution in [0.5, 0.6) is 0 Å². The predicted octanol–water partition coefficient (Wildman–Crippen LogP) is 2.92. The van der Waals surface area contributed by atoms with Crippen molar-refractivity contribution in [3.8, 4) is 0 Å². The molecule has 0 aliphatic heterocycles. The third-order valence-corrected chi connectivity index (χ3v) is 2.54. The van der Waals surface area contributed by atoms with Crippen molar-refractivity contribution in [3.63, 3.8) is 0 Å². The van der Waals surface area contributed by atoms with Gasteiger partial charge in [-0.05, 0) is 12.1 Å². The van der Waals surface area contributed by atoms with Crippen molar-refractivity contribution in [3.05, 3.63) is 48.1 Å². The van der Waals surface area contributed by atoms with E-state index in [1.165, 1.54) is 35.7 Å². The van der Waals surface area contributed by atoms with Gasteiger partial charge in [0.05, 0.1) is 18.4 Å². The Labute approximate surface area is 116 Å². The van der Waals surface area contributed by atoms with Crippen molar-refractivity contribution in [2.75, 3.05) is 11.9 Å². The lowest BCUT2D eigenvalue weighted by Crippen LogP contribution is -2.01. The minimum Gasteiger partial charge on any atom is -0.490 e. The van der Waals surface area contributed by atoms with Gasteiger partial charge in [0.2, 0.25) is 0 Å². The largest absolute Gasteiger partial charge is 0.490 e. The van der Waals surface area contributed by atoms with Crippen LogP contribution in [0.1, 0.15) is 5.56 Å². The van der Waals surface area contributed by atoms with E-state index < -0.39 is 11.6 Å². The number of ether oxygens (including phenoxy) is 1. The quantitative estimate of drug-likeness (QED) is 0.625. The van der Waals surface area contributed by atoms with E-state index in [2.05, 4.69) is 26.0 Å². The van der Waals surface area contributed by atoms with Crippen LogP contribution >= 0.6 is 15.9 Å². The van der Waals surface area contributed by atoms with Gasteiger partial charge < -0.3 is 4.74 Å². The molecule has 0 saturated heterocycles. The Morgan fingerprint density at radius 1 is 1.42 bits per heavy atom. The van der Waals surface area contributed by atoms with Gasteiger partial charge in [0.25, 0.3) is 0 Å². The monoisotopic (exact) mass is 329 g/mol. The molecule has 19 heavy (non-hydrogen) atoms. The molecule has 0 fully saturated rings. The van der Waals surface area contributed by atoms with Crippen LogP contribution in [0.4, 0.5) is 8.78 Å². The van der Waals surface area contributed by atoms with Gasteiger partial charge in [0, 0.05) is 11.4 Å². The lowest BCUT2D eigenvalue weighted by atomic mass is 10.2. The van der Waals surface area contributed by atoms with Crippen LogP contribution in [0.15, 0.2) is 30.9 Å². The van der Waals surface area contributed by atoms with E-state index in [0.717, 1.165) is 6.07 Å².